The van der Waals surface area contributed by atoms with Crippen molar-refractivity contribution < 1.29 is 17.8 Å². The zero-order valence-corrected chi connectivity index (χ0v) is 15.1. The molecular weight excluding hydrogens is 350 g/mol. The zero-order chi connectivity index (χ0) is 18.7. The molecule has 3 aromatic carbocycles. The van der Waals surface area contributed by atoms with Crippen molar-refractivity contribution in [2.24, 2.45) is 0 Å². The number of hydrogen-bond donors (Lipinski definition) is 2. The zero-order valence-electron chi connectivity index (χ0n) is 14.3. The van der Waals surface area contributed by atoms with Crippen molar-refractivity contribution in [1.29, 1.82) is 0 Å². The molecule has 0 aromatic heterocycles. The molecule has 6 heteroatoms. The largest absolute Gasteiger partial charge is 0.322 e. The van der Waals surface area contributed by atoms with Gasteiger partial charge in [0, 0.05) is 11.3 Å². The van der Waals surface area contributed by atoms with Gasteiger partial charge in [-0.3, -0.25) is 9.35 Å². The second kappa shape index (κ2) is 7.27. The first kappa shape index (κ1) is 18.1. The Morgan fingerprint density at radius 2 is 1.73 bits per heavy atom. The Bertz CT molecular complexity index is 1070. The standard InChI is InChI=1S/C20H19NO4S/c1-2-4-14-5-3-6-17(11-14)20(22)21-18-9-7-16-13-19(26(23,24)25)10-8-15(16)12-18/h3,5-13H,2,4H2,1H3,(H,21,22)(H,23,24,25). The van der Waals surface area contributed by atoms with E-state index in [0.29, 0.717) is 16.6 Å². The van der Waals surface area contributed by atoms with Crippen LogP contribution >= 0.6 is 0 Å². The van der Waals surface area contributed by atoms with Crippen molar-refractivity contribution in [3.8, 4) is 0 Å². The summed E-state index contributed by atoms with van der Waals surface area (Å²) in [6.45, 7) is 2.09. The van der Waals surface area contributed by atoms with Gasteiger partial charge in [-0.05, 0) is 59.2 Å². The van der Waals surface area contributed by atoms with E-state index in [-0.39, 0.29) is 10.8 Å². The molecule has 5 nitrogen and oxygen atoms in total. The molecule has 0 saturated heterocycles. The summed E-state index contributed by atoms with van der Waals surface area (Å²) in [5, 5.41) is 4.27. The number of amides is 1. The van der Waals surface area contributed by atoms with Crippen LogP contribution in [0.4, 0.5) is 5.69 Å². The Kier molecular flexibility index (Phi) is 5.06. The predicted octanol–water partition coefficient (Wildman–Crippen LogP) is 4.29. The van der Waals surface area contributed by atoms with E-state index in [9.17, 15) is 13.2 Å². The van der Waals surface area contributed by atoms with Gasteiger partial charge in [-0.1, -0.05) is 37.6 Å². The van der Waals surface area contributed by atoms with Crippen molar-refractivity contribution in [2.75, 3.05) is 5.32 Å². The van der Waals surface area contributed by atoms with Crippen LogP contribution in [0.1, 0.15) is 29.3 Å². The van der Waals surface area contributed by atoms with Crippen LogP contribution in [0.2, 0.25) is 0 Å². The van der Waals surface area contributed by atoms with Gasteiger partial charge >= 0.3 is 0 Å². The molecule has 0 aliphatic carbocycles. The van der Waals surface area contributed by atoms with E-state index in [2.05, 4.69) is 12.2 Å². The molecule has 0 unspecified atom stereocenters. The van der Waals surface area contributed by atoms with Gasteiger partial charge in [0.25, 0.3) is 16.0 Å². The summed E-state index contributed by atoms with van der Waals surface area (Å²) in [5.41, 5.74) is 2.33. The van der Waals surface area contributed by atoms with Gasteiger partial charge in [0.2, 0.25) is 0 Å². The van der Waals surface area contributed by atoms with Crippen LogP contribution in [0.25, 0.3) is 10.8 Å². The quantitative estimate of drug-likeness (QED) is 0.657. The number of fused-ring (bicyclic) bond motifs is 1. The Balaban J connectivity index is 1.84. The molecule has 0 radical (unpaired) electrons. The summed E-state index contributed by atoms with van der Waals surface area (Å²) in [5.74, 6) is -0.197. The minimum atomic E-state index is -4.24. The van der Waals surface area contributed by atoms with Crippen LogP contribution in [0.3, 0.4) is 0 Å². The lowest BCUT2D eigenvalue weighted by molar-refractivity contribution is 0.102. The highest BCUT2D eigenvalue weighted by atomic mass is 32.2. The van der Waals surface area contributed by atoms with Crippen LogP contribution in [-0.2, 0) is 16.5 Å². The number of anilines is 1. The van der Waals surface area contributed by atoms with Crippen LogP contribution in [0.5, 0.6) is 0 Å². The Morgan fingerprint density at radius 1 is 1.00 bits per heavy atom. The highest BCUT2D eigenvalue weighted by molar-refractivity contribution is 7.85. The maximum Gasteiger partial charge on any atom is 0.294 e. The number of benzene rings is 3. The smallest absolute Gasteiger partial charge is 0.294 e. The highest BCUT2D eigenvalue weighted by Crippen LogP contribution is 2.23. The minimum Gasteiger partial charge on any atom is -0.322 e. The second-order valence-corrected chi connectivity index (χ2v) is 7.52. The van der Waals surface area contributed by atoms with Gasteiger partial charge in [0.05, 0.1) is 4.90 Å². The minimum absolute atomic E-state index is 0.158. The van der Waals surface area contributed by atoms with Crippen molar-refractivity contribution >= 4 is 32.5 Å². The average molecular weight is 369 g/mol. The van der Waals surface area contributed by atoms with E-state index in [4.69, 9.17) is 4.55 Å². The average Bonchev–Trinajstić information content (AvgIpc) is 2.61. The fraction of sp³-hybridized carbons (Fsp3) is 0.150. The van der Waals surface area contributed by atoms with Gasteiger partial charge < -0.3 is 5.32 Å². The van der Waals surface area contributed by atoms with Crippen molar-refractivity contribution in [3.05, 3.63) is 71.8 Å². The van der Waals surface area contributed by atoms with Crippen LogP contribution in [-0.4, -0.2) is 18.9 Å². The van der Waals surface area contributed by atoms with E-state index in [1.54, 1.807) is 30.3 Å². The Morgan fingerprint density at radius 3 is 2.46 bits per heavy atom. The van der Waals surface area contributed by atoms with Crippen molar-refractivity contribution in [3.63, 3.8) is 0 Å². The first-order valence-corrected chi connectivity index (χ1v) is 9.72. The SMILES string of the molecule is CCCc1cccc(C(=O)Nc2ccc3cc(S(=O)(=O)O)ccc3c2)c1. The third-order valence-corrected chi connectivity index (χ3v) is 4.94. The Hall–Kier alpha value is -2.70. The molecule has 0 fully saturated rings. The van der Waals surface area contributed by atoms with E-state index in [1.807, 2.05) is 18.2 Å². The van der Waals surface area contributed by atoms with Crippen molar-refractivity contribution in [2.45, 2.75) is 24.7 Å². The number of nitrogens with one attached hydrogen (secondary N) is 1. The van der Waals surface area contributed by atoms with Crippen molar-refractivity contribution in [1.82, 2.24) is 0 Å². The van der Waals surface area contributed by atoms with Crippen LogP contribution in [0, 0.1) is 0 Å². The van der Waals surface area contributed by atoms with E-state index < -0.39 is 10.1 Å². The molecule has 2 N–H and O–H groups in total. The van der Waals surface area contributed by atoms with Gasteiger partial charge in [0.1, 0.15) is 0 Å². The maximum atomic E-state index is 12.5. The molecule has 134 valence electrons. The van der Waals surface area contributed by atoms with Gasteiger partial charge in [-0.25, -0.2) is 0 Å². The molecule has 0 spiro atoms. The van der Waals surface area contributed by atoms with Crippen LogP contribution in [0.15, 0.2) is 65.6 Å². The normalized spacial score (nSPS) is 11.5. The Labute approximate surface area is 152 Å². The molecule has 0 bridgehead atoms. The molecule has 3 aromatic rings. The number of carbonyl (C=O) groups excluding carboxylic acids is 1. The highest BCUT2D eigenvalue weighted by Gasteiger charge is 2.11. The number of aryl methyl sites for hydroxylation is 1. The molecular formula is C20H19NO4S. The van der Waals surface area contributed by atoms with E-state index in [0.717, 1.165) is 23.8 Å². The number of carbonyl (C=O) groups is 1. The van der Waals surface area contributed by atoms with E-state index >= 15 is 0 Å². The summed E-state index contributed by atoms with van der Waals surface area (Å²) < 4.78 is 31.6. The second-order valence-electron chi connectivity index (χ2n) is 6.10. The molecule has 1 amide bonds. The first-order chi connectivity index (χ1) is 12.4. The fourth-order valence-electron chi connectivity index (χ4n) is 2.82. The molecule has 3 rings (SSSR count). The summed E-state index contributed by atoms with van der Waals surface area (Å²) >= 11 is 0. The number of hydrogen-bond acceptors (Lipinski definition) is 3. The van der Waals surface area contributed by atoms with E-state index in [1.165, 1.54) is 12.1 Å². The molecule has 0 aliphatic rings. The summed E-state index contributed by atoms with van der Waals surface area (Å²) in [6, 6.07) is 17.0. The third kappa shape index (κ3) is 4.09. The lowest BCUT2D eigenvalue weighted by atomic mass is 10.1. The fourth-order valence-corrected chi connectivity index (χ4v) is 3.34. The van der Waals surface area contributed by atoms with Gasteiger partial charge in [0.15, 0.2) is 0 Å². The molecule has 0 saturated carbocycles. The first-order valence-electron chi connectivity index (χ1n) is 8.28. The maximum absolute atomic E-state index is 12.5. The molecule has 0 aliphatic heterocycles. The topological polar surface area (TPSA) is 83.5 Å². The molecule has 0 atom stereocenters. The third-order valence-electron chi connectivity index (χ3n) is 4.10. The lowest BCUT2D eigenvalue weighted by Gasteiger charge is -2.08. The van der Waals surface area contributed by atoms with Gasteiger partial charge in [-0.15, -0.1) is 0 Å². The summed E-state index contributed by atoms with van der Waals surface area (Å²) in [4.78, 5) is 12.3. The lowest BCUT2D eigenvalue weighted by Crippen LogP contribution is -2.12. The predicted molar refractivity (Wildman–Crippen MR) is 102 cm³/mol. The number of rotatable bonds is 5. The molecule has 26 heavy (non-hydrogen) atoms. The monoisotopic (exact) mass is 369 g/mol. The van der Waals surface area contributed by atoms with Gasteiger partial charge in [-0.2, -0.15) is 8.42 Å². The summed E-state index contributed by atoms with van der Waals surface area (Å²) in [6.07, 6.45) is 1.94. The summed E-state index contributed by atoms with van der Waals surface area (Å²) in [7, 11) is -4.24. The molecule has 0 heterocycles. The van der Waals surface area contributed by atoms with Crippen LogP contribution < -0.4 is 5.32 Å².